The maximum Gasteiger partial charge on any atom is 0.329 e. The van der Waals surface area contributed by atoms with Crippen LogP contribution < -0.4 is 10.1 Å². The molecule has 1 amide bonds. The summed E-state index contributed by atoms with van der Waals surface area (Å²) in [5.41, 5.74) is 0.393. The molecule has 6 nitrogen and oxygen atoms in total. The molecule has 154 valence electrons. The van der Waals surface area contributed by atoms with Crippen molar-refractivity contribution in [2.75, 3.05) is 25.7 Å². The topological polar surface area (TPSA) is 81.7 Å². The van der Waals surface area contributed by atoms with Crippen LogP contribution in [0.1, 0.15) is 27.1 Å². The third-order valence-electron chi connectivity index (χ3n) is 4.04. The van der Waals surface area contributed by atoms with E-state index in [1.54, 1.807) is 24.3 Å². The summed E-state index contributed by atoms with van der Waals surface area (Å²) in [6.07, 6.45) is 2.20. The number of amides is 1. The average Bonchev–Trinajstić information content (AvgIpc) is 2.74. The highest BCUT2D eigenvalue weighted by atomic mass is 32.2. The minimum absolute atomic E-state index is 0.108. The molecule has 0 saturated carbocycles. The minimum Gasteiger partial charge on any atom is -0.496 e. The number of thioether (sulfide) groups is 1. The van der Waals surface area contributed by atoms with Crippen LogP contribution in [-0.4, -0.2) is 49.4 Å². The van der Waals surface area contributed by atoms with Gasteiger partial charge in [0, 0.05) is 5.56 Å². The Kier molecular flexibility index (Phi) is 8.67. The first kappa shape index (κ1) is 22.4. The molecule has 0 radical (unpaired) electrons. The number of carbonyl (C=O) groups excluding carboxylic acids is 3. The van der Waals surface area contributed by atoms with Crippen molar-refractivity contribution in [1.82, 2.24) is 5.32 Å². The van der Waals surface area contributed by atoms with Crippen LogP contribution in [0.5, 0.6) is 5.75 Å². The van der Waals surface area contributed by atoms with E-state index in [-0.39, 0.29) is 11.1 Å². The van der Waals surface area contributed by atoms with Gasteiger partial charge in [-0.1, -0.05) is 24.3 Å². The van der Waals surface area contributed by atoms with E-state index < -0.39 is 36.1 Å². The Balaban J connectivity index is 2.03. The number of Topliss-reactive ketones (excluding diaryl/α,β-unsaturated/α-hetero) is 1. The van der Waals surface area contributed by atoms with Crippen molar-refractivity contribution in [1.29, 1.82) is 0 Å². The Morgan fingerprint density at radius 1 is 1.14 bits per heavy atom. The molecule has 0 aliphatic heterocycles. The van der Waals surface area contributed by atoms with Gasteiger partial charge in [0.25, 0.3) is 5.91 Å². The van der Waals surface area contributed by atoms with Crippen LogP contribution in [0.15, 0.2) is 48.5 Å². The van der Waals surface area contributed by atoms with E-state index in [9.17, 15) is 18.8 Å². The number of halogens is 1. The first-order valence-corrected chi connectivity index (χ1v) is 10.2. The van der Waals surface area contributed by atoms with Crippen molar-refractivity contribution in [2.45, 2.75) is 12.5 Å². The molecular weight excluding hydrogens is 397 g/mol. The number of ether oxygens (including phenoxy) is 2. The van der Waals surface area contributed by atoms with Gasteiger partial charge in [-0.05, 0) is 42.7 Å². The lowest BCUT2D eigenvalue weighted by Gasteiger charge is -2.18. The molecule has 29 heavy (non-hydrogen) atoms. The van der Waals surface area contributed by atoms with Gasteiger partial charge in [-0.3, -0.25) is 9.59 Å². The maximum atomic E-state index is 13.2. The number of hydrogen-bond donors (Lipinski definition) is 1. The summed E-state index contributed by atoms with van der Waals surface area (Å²) >= 11 is 1.51. The fraction of sp³-hybridized carbons (Fsp3) is 0.286. The van der Waals surface area contributed by atoms with Crippen molar-refractivity contribution in [2.24, 2.45) is 0 Å². The summed E-state index contributed by atoms with van der Waals surface area (Å²) in [4.78, 5) is 37.2. The molecule has 0 heterocycles. The van der Waals surface area contributed by atoms with E-state index in [1.165, 1.54) is 37.1 Å². The van der Waals surface area contributed by atoms with Gasteiger partial charge in [-0.15, -0.1) is 0 Å². The van der Waals surface area contributed by atoms with Gasteiger partial charge in [0.2, 0.25) is 0 Å². The third-order valence-corrected chi connectivity index (χ3v) is 4.69. The van der Waals surface area contributed by atoms with Crippen LogP contribution in [-0.2, 0) is 9.53 Å². The lowest BCUT2D eigenvalue weighted by atomic mass is 10.1. The number of esters is 1. The Bertz CT molecular complexity index is 874. The molecule has 0 aromatic heterocycles. The number of hydrogen-bond acceptors (Lipinski definition) is 6. The summed E-state index contributed by atoms with van der Waals surface area (Å²) in [5.74, 6) is -1.32. The monoisotopic (exact) mass is 419 g/mol. The Labute approximate surface area is 172 Å². The van der Waals surface area contributed by atoms with Crippen LogP contribution in [0.2, 0.25) is 0 Å². The second-order valence-electron chi connectivity index (χ2n) is 6.05. The standard InChI is InChI=1S/C21H22FNO5S/c1-27-19-9-4-3-8-16(19)20(25)23-17(10-11-29-2)21(26)28-13-18(24)14-6-5-7-15(22)12-14/h3-9,12,17H,10-11,13H2,1-2H3,(H,23,25)/t17-/m1/s1. The molecule has 0 unspecified atom stereocenters. The minimum atomic E-state index is -0.930. The summed E-state index contributed by atoms with van der Waals surface area (Å²) < 4.78 is 23.5. The van der Waals surface area contributed by atoms with Gasteiger partial charge < -0.3 is 14.8 Å². The van der Waals surface area contributed by atoms with Crippen molar-refractivity contribution in [3.8, 4) is 5.75 Å². The molecule has 2 aromatic carbocycles. The van der Waals surface area contributed by atoms with E-state index in [2.05, 4.69) is 5.32 Å². The molecule has 0 spiro atoms. The Morgan fingerprint density at radius 3 is 2.59 bits per heavy atom. The van der Waals surface area contributed by atoms with E-state index >= 15 is 0 Å². The molecule has 1 atom stereocenters. The SMILES string of the molecule is COc1ccccc1C(=O)N[C@H](CCSC)C(=O)OCC(=O)c1cccc(F)c1. The zero-order valence-corrected chi connectivity index (χ0v) is 17.0. The van der Waals surface area contributed by atoms with E-state index in [4.69, 9.17) is 9.47 Å². The van der Waals surface area contributed by atoms with Crippen molar-refractivity contribution in [3.05, 3.63) is 65.5 Å². The van der Waals surface area contributed by atoms with Crippen molar-refractivity contribution in [3.63, 3.8) is 0 Å². The molecule has 2 aromatic rings. The summed E-state index contributed by atoms with van der Waals surface area (Å²) in [6.45, 7) is -0.539. The number of ketones is 1. The zero-order valence-electron chi connectivity index (χ0n) is 16.1. The lowest BCUT2D eigenvalue weighted by molar-refractivity contribution is -0.144. The molecule has 0 aliphatic rings. The maximum absolute atomic E-state index is 13.2. The van der Waals surface area contributed by atoms with Crippen molar-refractivity contribution >= 4 is 29.4 Å². The number of nitrogens with one attached hydrogen (secondary N) is 1. The second kappa shape index (κ2) is 11.2. The van der Waals surface area contributed by atoms with Crippen LogP contribution in [0.3, 0.4) is 0 Å². The molecule has 0 fully saturated rings. The van der Waals surface area contributed by atoms with E-state index in [1.807, 2.05) is 6.26 Å². The first-order valence-electron chi connectivity index (χ1n) is 8.84. The number of methoxy groups -OCH3 is 1. The van der Waals surface area contributed by atoms with Crippen LogP contribution in [0, 0.1) is 5.82 Å². The van der Waals surface area contributed by atoms with Gasteiger partial charge in [-0.25, -0.2) is 9.18 Å². The zero-order chi connectivity index (χ0) is 21.2. The van der Waals surface area contributed by atoms with E-state index in [0.29, 0.717) is 17.9 Å². The van der Waals surface area contributed by atoms with Gasteiger partial charge in [0.1, 0.15) is 17.6 Å². The molecule has 0 saturated heterocycles. The molecule has 0 bridgehead atoms. The summed E-state index contributed by atoms with van der Waals surface area (Å²) in [5, 5.41) is 2.64. The van der Waals surface area contributed by atoms with Gasteiger partial charge in [-0.2, -0.15) is 11.8 Å². The van der Waals surface area contributed by atoms with Crippen LogP contribution in [0.25, 0.3) is 0 Å². The Hall–Kier alpha value is -2.87. The smallest absolute Gasteiger partial charge is 0.329 e. The number of benzene rings is 2. The number of carbonyl (C=O) groups is 3. The van der Waals surface area contributed by atoms with Crippen LogP contribution >= 0.6 is 11.8 Å². The van der Waals surface area contributed by atoms with Gasteiger partial charge in [0.05, 0.1) is 12.7 Å². The normalized spacial score (nSPS) is 11.4. The highest BCUT2D eigenvalue weighted by molar-refractivity contribution is 7.98. The highest BCUT2D eigenvalue weighted by Gasteiger charge is 2.24. The fourth-order valence-corrected chi connectivity index (χ4v) is 3.01. The Morgan fingerprint density at radius 2 is 1.90 bits per heavy atom. The van der Waals surface area contributed by atoms with Crippen molar-refractivity contribution < 1.29 is 28.2 Å². The summed E-state index contributed by atoms with van der Waals surface area (Å²) in [6, 6.07) is 10.8. The van der Waals surface area contributed by atoms with Gasteiger partial charge >= 0.3 is 5.97 Å². The first-order chi connectivity index (χ1) is 14.0. The predicted molar refractivity (Wildman–Crippen MR) is 109 cm³/mol. The van der Waals surface area contributed by atoms with E-state index in [0.717, 1.165) is 6.07 Å². The van der Waals surface area contributed by atoms with Gasteiger partial charge in [0.15, 0.2) is 12.4 Å². The van der Waals surface area contributed by atoms with Crippen LogP contribution in [0.4, 0.5) is 4.39 Å². The molecule has 8 heteroatoms. The quantitative estimate of drug-likeness (QED) is 0.471. The molecule has 0 aliphatic carbocycles. The largest absolute Gasteiger partial charge is 0.496 e. The third kappa shape index (κ3) is 6.60. The molecular formula is C21H22FNO5S. The average molecular weight is 419 g/mol. The molecule has 1 N–H and O–H groups in total. The second-order valence-corrected chi connectivity index (χ2v) is 7.03. The predicted octanol–water partition coefficient (Wildman–Crippen LogP) is 3.11. The number of para-hydroxylation sites is 1. The highest BCUT2D eigenvalue weighted by Crippen LogP contribution is 2.17. The number of rotatable bonds is 10. The fourth-order valence-electron chi connectivity index (χ4n) is 2.54. The summed E-state index contributed by atoms with van der Waals surface area (Å²) in [7, 11) is 1.45. The molecule has 2 rings (SSSR count). The lowest BCUT2D eigenvalue weighted by Crippen LogP contribution is -2.42.